The van der Waals surface area contributed by atoms with Crippen molar-refractivity contribution in [2.45, 2.75) is 13.0 Å². The predicted octanol–water partition coefficient (Wildman–Crippen LogP) is 2.27. The van der Waals surface area contributed by atoms with Crippen molar-refractivity contribution in [2.24, 2.45) is 0 Å². The first kappa shape index (κ1) is 14.1. The molecule has 5 heteroatoms. The smallest absolute Gasteiger partial charge is 0.254 e. The fourth-order valence-corrected chi connectivity index (χ4v) is 1.52. The van der Waals surface area contributed by atoms with Crippen LogP contribution in [0.25, 0.3) is 0 Å². The highest BCUT2D eigenvalue weighted by Gasteiger charge is 2.13. The molecule has 1 unspecified atom stereocenters. The van der Waals surface area contributed by atoms with Crippen LogP contribution in [-0.2, 0) is 0 Å². The summed E-state index contributed by atoms with van der Waals surface area (Å²) >= 11 is 3.15. The Bertz CT molecular complexity index is 409. The van der Waals surface area contributed by atoms with Gasteiger partial charge in [-0.25, -0.2) is 4.39 Å². The van der Waals surface area contributed by atoms with Crippen LogP contribution >= 0.6 is 15.9 Å². The molecule has 1 aromatic carbocycles. The predicted molar refractivity (Wildman–Crippen MR) is 69.6 cm³/mol. The number of carbonyl (C=O) groups excluding carboxylic acids is 1. The summed E-state index contributed by atoms with van der Waals surface area (Å²) in [5, 5.41) is 2.70. The first-order valence-electron chi connectivity index (χ1n) is 5.31. The van der Waals surface area contributed by atoms with E-state index < -0.39 is 5.82 Å². The van der Waals surface area contributed by atoms with E-state index in [9.17, 15) is 9.18 Å². The minimum atomic E-state index is -0.519. The highest BCUT2D eigenvalue weighted by Crippen LogP contribution is 2.15. The van der Waals surface area contributed by atoms with Crippen LogP contribution in [0.15, 0.2) is 22.7 Å². The molecule has 1 N–H and O–H groups in total. The molecular weight excluding hydrogens is 287 g/mol. The number of hydrogen-bond donors (Lipinski definition) is 1. The normalized spacial score (nSPS) is 12.6. The average Bonchev–Trinajstić information content (AvgIpc) is 2.25. The molecule has 0 saturated heterocycles. The number of nitrogens with one attached hydrogen (secondary N) is 1. The lowest BCUT2D eigenvalue weighted by molar-refractivity contribution is 0.0939. The van der Waals surface area contributed by atoms with E-state index in [0.717, 1.165) is 0 Å². The zero-order chi connectivity index (χ0) is 13.0. The number of likely N-dealkylation sites (N-methyl/N-ethyl adjacent to an activating group) is 1. The second-order valence-electron chi connectivity index (χ2n) is 4.15. The lowest BCUT2D eigenvalue weighted by Crippen LogP contribution is -2.38. The highest BCUT2D eigenvalue weighted by molar-refractivity contribution is 9.10. The zero-order valence-corrected chi connectivity index (χ0v) is 11.7. The number of halogens is 2. The lowest BCUT2D eigenvalue weighted by Gasteiger charge is -2.20. The molecule has 1 atom stereocenters. The largest absolute Gasteiger partial charge is 0.350 e. The molecule has 0 aliphatic carbocycles. The van der Waals surface area contributed by atoms with Crippen molar-refractivity contribution in [2.75, 3.05) is 20.6 Å². The molecule has 1 rings (SSSR count). The summed E-state index contributed by atoms with van der Waals surface area (Å²) in [7, 11) is 3.86. The summed E-state index contributed by atoms with van der Waals surface area (Å²) in [6.07, 6.45) is 0. The topological polar surface area (TPSA) is 32.3 Å². The molecule has 0 saturated carbocycles. The molecule has 0 aliphatic rings. The van der Waals surface area contributed by atoms with Crippen LogP contribution in [0.4, 0.5) is 4.39 Å². The van der Waals surface area contributed by atoms with Gasteiger partial charge in [0.05, 0.1) is 5.56 Å². The molecule has 3 nitrogen and oxygen atoms in total. The molecule has 0 fully saturated rings. The summed E-state index contributed by atoms with van der Waals surface area (Å²) in [5.74, 6) is -0.905. The van der Waals surface area contributed by atoms with Gasteiger partial charge >= 0.3 is 0 Å². The van der Waals surface area contributed by atoms with Gasteiger partial charge in [0.25, 0.3) is 5.91 Å². The van der Waals surface area contributed by atoms with E-state index in [2.05, 4.69) is 21.2 Å². The van der Waals surface area contributed by atoms with Crippen LogP contribution in [0.3, 0.4) is 0 Å². The highest BCUT2D eigenvalue weighted by atomic mass is 79.9. The van der Waals surface area contributed by atoms with Crippen molar-refractivity contribution in [1.29, 1.82) is 0 Å². The first-order chi connectivity index (χ1) is 7.91. The van der Waals surface area contributed by atoms with Crippen molar-refractivity contribution in [1.82, 2.24) is 10.2 Å². The molecule has 1 aromatic rings. The number of amides is 1. The van der Waals surface area contributed by atoms with Gasteiger partial charge in [-0.1, -0.05) is 15.9 Å². The van der Waals surface area contributed by atoms with Gasteiger partial charge in [-0.2, -0.15) is 0 Å². The lowest BCUT2D eigenvalue weighted by atomic mass is 10.2. The Balaban J connectivity index is 2.64. The second-order valence-corrected chi connectivity index (χ2v) is 5.06. The summed E-state index contributed by atoms with van der Waals surface area (Å²) < 4.78 is 14.1. The van der Waals surface area contributed by atoms with Crippen LogP contribution in [0, 0.1) is 5.82 Å². The van der Waals surface area contributed by atoms with E-state index in [0.29, 0.717) is 11.0 Å². The van der Waals surface area contributed by atoms with Crippen molar-refractivity contribution < 1.29 is 9.18 Å². The van der Waals surface area contributed by atoms with Crippen molar-refractivity contribution in [3.63, 3.8) is 0 Å². The van der Waals surface area contributed by atoms with E-state index in [-0.39, 0.29) is 17.5 Å². The van der Waals surface area contributed by atoms with Crippen LogP contribution in [-0.4, -0.2) is 37.5 Å². The van der Waals surface area contributed by atoms with Crippen LogP contribution < -0.4 is 5.32 Å². The maximum absolute atomic E-state index is 13.5. The molecular formula is C12H16BrFN2O. The molecule has 0 aromatic heterocycles. The van der Waals surface area contributed by atoms with Gasteiger partial charge in [-0.15, -0.1) is 0 Å². The Morgan fingerprint density at radius 2 is 2.18 bits per heavy atom. The molecule has 0 bridgehead atoms. The molecule has 1 amide bonds. The number of hydrogen-bond acceptors (Lipinski definition) is 2. The van der Waals surface area contributed by atoms with Gasteiger partial charge in [0.15, 0.2) is 0 Å². The molecule has 0 spiro atoms. The minimum Gasteiger partial charge on any atom is -0.350 e. The van der Waals surface area contributed by atoms with Gasteiger partial charge in [-0.05, 0) is 39.2 Å². The zero-order valence-electron chi connectivity index (χ0n) is 10.1. The monoisotopic (exact) mass is 302 g/mol. The third-order valence-corrected chi connectivity index (χ3v) is 3.11. The fourth-order valence-electron chi connectivity index (χ4n) is 1.19. The van der Waals surface area contributed by atoms with E-state index >= 15 is 0 Å². The second kappa shape index (κ2) is 6.12. The Labute approximate surface area is 109 Å². The van der Waals surface area contributed by atoms with E-state index in [1.807, 2.05) is 25.9 Å². The van der Waals surface area contributed by atoms with E-state index in [1.54, 1.807) is 6.07 Å². The molecule has 0 heterocycles. The van der Waals surface area contributed by atoms with Gasteiger partial charge in [0.2, 0.25) is 0 Å². The number of rotatable bonds is 4. The molecule has 0 radical (unpaired) electrons. The van der Waals surface area contributed by atoms with Gasteiger partial charge in [0.1, 0.15) is 5.82 Å². The average molecular weight is 303 g/mol. The van der Waals surface area contributed by atoms with Crippen molar-refractivity contribution in [3.8, 4) is 0 Å². The SMILES string of the molecule is CC(CNC(=O)c1ccc(Br)cc1F)N(C)C. The summed E-state index contributed by atoms with van der Waals surface area (Å²) in [6, 6.07) is 4.60. The Kier molecular flexibility index (Phi) is 5.08. The van der Waals surface area contributed by atoms with Crippen LogP contribution in [0.5, 0.6) is 0 Å². The van der Waals surface area contributed by atoms with Gasteiger partial charge < -0.3 is 10.2 Å². The van der Waals surface area contributed by atoms with Crippen LogP contribution in [0.1, 0.15) is 17.3 Å². The molecule has 94 valence electrons. The number of benzene rings is 1. The summed E-state index contributed by atoms with van der Waals surface area (Å²) in [5.41, 5.74) is 0.0687. The van der Waals surface area contributed by atoms with Crippen molar-refractivity contribution in [3.05, 3.63) is 34.1 Å². The minimum absolute atomic E-state index is 0.0687. The van der Waals surface area contributed by atoms with E-state index in [4.69, 9.17) is 0 Å². The number of carbonyl (C=O) groups is 1. The third kappa shape index (κ3) is 4.09. The Morgan fingerprint density at radius 1 is 1.53 bits per heavy atom. The standard InChI is InChI=1S/C12H16BrFN2O/c1-8(16(2)3)7-15-12(17)10-5-4-9(13)6-11(10)14/h4-6,8H,7H2,1-3H3,(H,15,17). The Morgan fingerprint density at radius 3 is 2.71 bits per heavy atom. The summed E-state index contributed by atoms with van der Waals surface area (Å²) in [6.45, 7) is 2.47. The third-order valence-electron chi connectivity index (χ3n) is 2.62. The number of nitrogens with zero attached hydrogens (tertiary/aromatic N) is 1. The van der Waals surface area contributed by atoms with E-state index in [1.165, 1.54) is 12.1 Å². The van der Waals surface area contributed by atoms with Crippen LogP contribution in [0.2, 0.25) is 0 Å². The van der Waals surface area contributed by atoms with Gasteiger partial charge in [-0.3, -0.25) is 4.79 Å². The van der Waals surface area contributed by atoms with Gasteiger partial charge in [0, 0.05) is 17.1 Å². The van der Waals surface area contributed by atoms with Crippen molar-refractivity contribution >= 4 is 21.8 Å². The molecule has 17 heavy (non-hydrogen) atoms. The maximum Gasteiger partial charge on any atom is 0.254 e. The molecule has 0 aliphatic heterocycles. The fraction of sp³-hybridized carbons (Fsp3) is 0.417. The first-order valence-corrected chi connectivity index (χ1v) is 6.10. The summed E-state index contributed by atoms with van der Waals surface area (Å²) in [4.78, 5) is 13.7. The quantitative estimate of drug-likeness (QED) is 0.925. The Hall–Kier alpha value is -0.940. The maximum atomic E-state index is 13.5.